The van der Waals surface area contributed by atoms with Gasteiger partial charge < -0.3 is 5.32 Å². The number of benzene rings is 2. The van der Waals surface area contributed by atoms with Gasteiger partial charge in [-0.3, -0.25) is 0 Å². The van der Waals surface area contributed by atoms with Crippen LogP contribution in [0.15, 0.2) is 36.4 Å². The number of nitrogens with one attached hydrogen (secondary N) is 1. The van der Waals surface area contributed by atoms with Gasteiger partial charge in [0.05, 0.1) is 16.1 Å². The van der Waals surface area contributed by atoms with Crippen molar-refractivity contribution in [1.82, 2.24) is 0 Å². The highest BCUT2D eigenvalue weighted by Crippen LogP contribution is 2.31. The summed E-state index contributed by atoms with van der Waals surface area (Å²) in [5.74, 6) is -1.77. The number of halogens is 4. The summed E-state index contributed by atoms with van der Waals surface area (Å²) in [5.41, 5.74) is 1.27. The standard InChI is InChI=1S/C14H11Cl2F2N/c1-8(10-3-2-4-11(15)14(10)16)19-9-5-6-12(17)13(18)7-9/h2-8,19H,1H3. The predicted molar refractivity (Wildman–Crippen MR) is 74.9 cm³/mol. The van der Waals surface area contributed by atoms with E-state index in [4.69, 9.17) is 23.2 Å². The Hall–Kier alpha value is -1.32. The summed E-state index contributed by atoms with van der Waals surface area (Å²) in [6, 6.07) is 8.76. The molecule has 1 unspecified atom stereocenters. The first kappa shape index (κ1) is 14.1. The number of hydrogen-bond donors (Lipinski definition) is 1. The molecule has 0 fully saturated rings. The Balaban J connectivity index is 2.23. The first-order valence-corrected chi connectivity index (χ1v) is 6.40. The molecule has 0 spiro atoms. The second-order valence-corrected chi connectivity index (χ2v) is 4.92. The summed E-state index contributed by atoms with van der Waals surface area (Å²) in [6.45, 7) is 1.86. The van der Waals surface area contributed by atoms with Gasteiger partial charge in [0.2, 0.25) is 0 Å². The molecule has 1 atom stereocenters. The molecule has 0 aliphatic carbocycles. The van der Waals surface area contributed by atoms with Crippen molar-refractivity contribution in [2.24, 2.45) is 0 Å². The molecule has 2 aromatic rings. The van der Waals surface area contributed by atoms with Gasteiger partial charge in [-0.25, -0.2) is 8.78 Å². The van der Waals surface area contributed by atoms with Crippen molar-refractivity contribution in [1.29, 1.82) is 0 Å². The lowest BCUT2D eigenvalue weighted by Crippen LogP contribution is -2.07. The average Bonchev–Trinajstić information content (AvgIpc) is 2.37. The largest absolute Gasteiger partial charge is 0.378 e. The molecular formula is C14H11Cl2F2N. The first-order chi connectivity index (χ1) is 8.99. The van der Waals surface area contributed by atoms with Crippen LogP contribution in [-0.4, -0.2) is 0 Å². The Morgan fingerprint density at radius 1 is 1.05 bits per heavy atom. The van der Waals surface area contributed by atoms with Crippen LogP contribution in [-0.2, 0) is 0 Å². The lowest BCUT2D eigenvalue weighted by atomic mass is 10.1. The summed E-state index contributed by atoms with van der Waals surface area (Å²) in [5, 5.41) is 3.95. The van der Waals surface area contributed by atoms with Crippen molar-refractivity contribution in [2.75, 3.05) is 5.32 Å². The van der Waals surface area contributed by atoms with Crippen molar-refractivity contribution in [3.8, 4) is 0 Å². The summed E-state index contributed by atoms with van der Waals surface area (Å²) >= 11 is 12.0. The molecule has 19 heavy (non-hydrogen) atoms. The fourth-order valence-corrected chi connectivity index (χ4v) is 2.24. The highest BCUT2D eigenvalue weighted by atomic mass is 35.5. The number of anilines is 1. The third-order valence-electron chi connectivity index (χ3n) is 2.75. The van der Waals surface area contributed by atoms with E-state index >= 15 is 0 Å². The van der Waals surface area contributed by atoms with Crippen LogP contribution < -0.4 is 5.32 Å². The molecule has 0 aliphatic heterocycles. The van der Waals surface area contributed by atoms with E-state index in [-0.39, 0.29) is 6.04 Å². The Bertz CT molecular complexity index is 602. The van der Waals surface area contributed by atoms with Crippen LogP contribution in [0.5, 0.6) is 0 Å². The van der Waals surface area contributed by atoms with Crippen molar-refractivity contribution in [3.63, 3.8) is 0 Å². The molecule has 0 saturated carbocycles. The summed E-state index contributed by atoms with van der Waals surface area (Å²) < 4.78 is 25.9. The van der Waals surface area contributed by atoms with Crippen molar-refractivity contribution >= 4 is 28.9 Å². The molecule has 0 amide bonds. The minimum atomic E-state index is -0.894. The fourth-order valence-electron chi connectivity index (χ4n) is 1.77. The van der Waals surface area contributed by atoms with Crippen LogP contribution in [0.25, 0.3) is 0 Å². The Kier molecular flexibility index (Phi) is 4.27. The fraction of sp³-hybridized carbons (Fsp3) is 0.143. The Morgan fingerprint density at radius 3 is 2.47 bits per heavy atom. The highest BCUT2D eigenvalue weighted by Gasteiger charge is 2.12. The van der Waals surface area contributed by atoms with Gasteiger partial charge in [-0.1, -0.05) is 35.3 Å². The molecule has 1 nitrogen and oxygen atoms in total. The van der Waals surface area contributed by atoms with Gasteiger partial charge in [0.1, 0.15) is 0 Å². The van der Waals surface area contributed by atoms with Crippen molar-refractivity contribution in [3.05, 3.63) is 63.6 Å². The monoisotopic (exact) mass is 301 g/mol. The SMILES string of the molecule is CC(Nc1ccc(F)c(F)c1)c1cccc(Cl)c1Cl. The van der Waals surface area contributed by atoms with Crippen molar-refractivity contribution < 1.29 is 8.78 Å². The lowest BCUT2D eigenvalue weighted by Gasteiger charge is -2.17. The molecule has 2 aromatic carbocycles. The molecular weight excluding hydrogens is 291 g/mol. The Labute approximate surface area is 120 Å². The highest BCUT2D eigenvalue weighted by molar-refractivity contribution is 6.42. The van der Waals surface area contributed by atoms with Crippen LogP contribution in [0.2, 0.25) is 10.0 Å². The van der Waals surface area contributed by atoms with Crippen LogP contribution in [0.1, 0.15) is 18.5 Å². The molecule has 0 saturated heterocycles. The van der Waals surface area contributed by atoms with Gasteiger partial charge in [-0.15, -0.1) is 0 Å². The zero-order chi connectivity index (χ0) is 14.0. The number of rotatable bonds is 3. The van der Waals surface area contributed by atoms with E-state index in [1.165, 1.54) is 6.07 Å². The van der Waals surface area contributed by atoms with Crippen LogP contribution >= 0.6 is 23.2 Å². The van der Waals surface area contributed by atoms with Gasteiger partial charge in [-0.2, -0.15) is 0 Å². The van der Waals surface area contributed by atoms with Crippen molar-refractivity contribution in [2.45, 2.75) is 13.0 Å². The van der Waals surface area contributed by atoms with Gasteiger partial charge in [-0.05, 0) is 30.7 Å². The smallest absolute Gasteiger partial charge is 0.160 e. The quantitative estimate of drug-likeness (QED) is 0.795. The predicted octanol–water partition coefficient (Wildman–Crippen LogP) is 5.44. The lowest BCUT2D eigenvalue weighted by molar-refractivity contribution is 0.509. The van der Waals surface area contributed by atoms with Crippen LogP contribution in [0.4, 0.5) is 14.5 Å². The second kappa shape index (κ2) is 5.76. The summed E-state index contributed by atoms with van der Waals surface area (Å²) in [7, 11) is 0. The maximum atomic E-state index is 13.1. The second-order valence-electron chi connectivity index (χ2n) is 4.14. The zero-order valence-electron chi connectivity index (χ0n) is 10.1. The minimum absolute atomic E-state index is 0.184. The van der Waals surface area contributed by atoms with Gasteiger partial charge in [0, 0.05) is 11.8 Å². The molecule has 5 heteroatoms. The van der Waals surface area contributed by atoms with E-state index in [1.807, 2.05) is 13.0 Å². The summed E-state index contributed by atoms with van der Waals surface area (Å²) in [4.78, 5) is 0. The molecule has 0 radical (unpaired) electrons. The van der Waals surface area contributed by atoms with E-state index in [9.17, 15) is 8.78 Å². The third kappa shape index (κ3) is 3.17. The number of hydrogen-bond acceptors (Lipinski definition) is 1. The maximum absolute atomic E-state index is 13.1. The van der Waals surface area contributed by atoms with E-state index in [1.54, 1.807) is 12.1 Å². The Morgan fingerprint density at radius 2 is 1.79 bits per heavy atom. The normalized spacial score (nSPS) is 12.3. The molecule has 0 aliphatic rings. The van der Waals surface area contributed by atoms with E-state index in [0.717, 1.165) is 17.7 Å². The molecule has 0 bridgehead atoms. The summed E-state index contributed by atoms with van der Waals surface area (Å²) in [6.07, 6.45) is 0. The van der Waals surface area contributed by atoms with Gasteiger partial charge in [0.15, 0.2) is 11.6 Å². The molecule has 2 rings (SSSR count). The molecule has 100 valence electrons. The van der Waals surface area contributed by atoms with Gasteiger partial charge in [0.25, 0.3) is 0 Å². The topological polar surface area (TPSA) is 12.0 Å². The maximum Gasteiger partial charge on any atom is 0.160 e. The van der Waals surface area contributed by atoms with Crippen LogP contribution in [0, 0.1) is 11.6 Å². The zero-order valence-corrected chi connectivity index (χ0v) is 11.6. The van der Waals surface area contributed by atoms with E-state index in [2.05, 4.69) is 5.32 Å². The van der Waals surface area contributed by atoms with E-state index < -0.39 is 11.6 Å². The molecule has 0 heterocycles. The van der Waals surface area contributed by atoms with Gasteiger partial charge >= 0.3 is 0 Å². The first-order valence-electron chi connectivity index (χ1n) is 5.64. The minimum Gasteiger partial charge on any atom is -0.378 e. The molecule has 1 N–H and O–H groups in total. The van der Waals surface area contributed by atoms with E-state index in [0.29, 0.717) is 15.7 Å². The van der Waals surface area contributed by atoms with Crippen LogP contribution in [0.3, 0.4) is 0 Å². The third-order valence-corrected chi connectivity index (χ3v) is 3.58. The average molecular weight is 302 g/mol. The molecule has 0 aromatic heterocycles.